The molecule has 0 saturated heterocycles. The van der Waals surface area contributed by atoms with Crippen LogP contribution in [0.4, 0.5) is 5.82 Å². The SMILES string of the molecule is CCOc1cc([C@@H]2CC(=O)Nc3c2c(C)nn3-c2nc3ccccc3s2)ccc1OCC(N)=O. The number of hydrogen-bond acceptors (Lipinski definition) is 7. The standard InChI is InChI=1S/C24H23N5O4S/c1-3-32-18-10-14(8-9-17(18)33-12-20(25)30)15-11-21(31)27-23-22(15)13(2)28-29(23)24-26-16-6-4-5-7-19(16)34-24/h4-10,15H,3,11-12H2,1-2H3,(H2,25,30)(H,27,31)/t15-/m0/s1. The van der Waals surface area contributed by atoms with E-state index in [4.69, 9.17) is 25.3 Å². The summed E-state index contributed by atoms with van der Waals surface area (Å²) in [5, 5.41) is 8.42. The van der Waals surface area contributed by atoms with Gasteiger partial charge in [0.05, 0.1) is 22.5 Å². The molecule has 0 aliphatic carbocycles. The maximum Gasteiger partial charge on any atom is 0.255 e. The number of para-hydroxylation sites is 1. The largest absolute Gasteiger partial charge is 0.490 e. The smallest absolute Gasteiger partial charge is 0.255 e. The van der Waals surface area contributed by atoms with E-state index in [9.17, 15) is 9.59 Å². The van der Waals surface area contributed by atoms with Crippen LogP contribution in [0.5, 0.6) is 11.5 Å². The van der Waals surface area contributed by atoms with Crippen LogP contribution in [0.2, 0.25) is 0 Å². The molecule has 174 valence electrons. The van der Waals surface area contributed by atoms with E-state index in [0.717, 1.165) is 27.0 Å². The van der Waals surface area contributed by atoms with E-state index in [2.05, 4.69) is 5.32 Å². The Labute approximate surface area is 199 Å². The minimum Gasteiger partial charge on any atom is -0.490 e. The number of thiazole rings is 1. The highest BCUT2D eigenvalue weighted by Crippen LogP contribution is 2.43. The van der Waals surface area contributed by atoms with Crippen molar-refractivity contribution in [3.05, 3.63) is 59.3 Å². The molecule has 0 radical (unpaired) electrons. The van der Waals surface area contributed by atoms with E-state index < -0.39 is 5.91 Å². The van der Waals surface area contributed by atoms with Crippen LogP contribution in [0.3, 0.4) is 0 Å². The highest BCUT2D eigenvalue weighted by molar-refractivity contribution is 7.20. The summed E-state index contributed by atoms with van der Waals surface area (Å²) in [7, 11) is 0. The van der Waals surface area contributed by atoms with Crippen molar-refractivity contribution in [2.75, 3.05) is 18.5 Å². The first-order valence-electron chi connectivity index (χ1n) is 10.9. The van der Waals surface area contributed by atoms with Crippen LogP contribution < -0.4 is 20.5 Å². The van der Waals surface area contributed by atoms with Crippen LogP contribution in [0.15, 0.2) is 42.5 Å². The molecule has 1 atom stereocenters. The fourth-order valence-corrected chi connectivity index (χ4v) is 5.12. The van der Waals surface area contributed by atoms with Crippen molar-refractivity contribution < 1.29 is 19.1 Å². The molecule has 0 spiro atoms. The number of nitrogens with one attached hydrogen (secondary N) is 1. The van der Waals surface area contributed by atoms with E-state index in [1.54, 1.807) is 10.7 Å². The van der Waals surface area contributed by atoms with Crippen molar-refractivity contribution in [1.82, 2.24) is 14.8 Å². The van der Waals surface area contributed by atoms with Crippen molar-refractivity contribution in [1.29, 1.82) is 0 Å². The number of nitrogens with two attached hydrogens (primary N) is 1. The number of carbonyl (C=O) groups excluding carboxylic acids is 2. The fourth-order valence-electron chi connectivity index (χ4n) is 4.20. The van der Waals surface area contributed by atoms with Gasteiger partial charge in [0.2, 0.25) is 11.0 Å². The molecule has 2 aromatic carbocycles. The summed E-state index contributed by atoms with van der Waals surface area (Å²) in [6, 6.07) is 13.3. The van der Waals surface area contributed by atoms with E-state index in [1.807, 2.05) is 50.2 Å². The van der Waals surface area contributed by atoms with Gasteiger partial charge in [0.1, 0.15) is 5.82 Å². The Bertz CT molecular complexity index is 1380. The van der Waals surface area contributed by atoms with Gasteiger partial charge < -0.3 is 20.5 Å². The van der Waals surface area contributed by atoms with Crippen LogP contribution in [-0.2, 0) is 9.59 Å². The Morgan fingerprint density at radius 2 is 2.06 bits per heavy atom. The molecule has 0 fully saturated rings. The quantitative estimate of drug-likeness (QED) is 0.420. The van der Waals surface area contributed by atoms with Crippen molar-refractivity contribution >= 4 is 39.2 Å². The summed E-state index contributed by atoms with van der Waals surface area (Å²) in [6.45, 7) is 3.97. The normalized spacial score (nSPS) is 15.1. The second-order valence-electron chi connectivity index (χ2n) is 7.92. The Balaban J connectivity index is 1.57. The number of anilines is 1. The molecule has 0 saturated carbocycles. The van der Waals surface area contributed by atoms with Crippen molar-refractivity contribution in [2.24, 2.45) is 5.73 Å². The molecule has 3 heterocycles. The number of nitrogens with zero attached hydrogens (tertiary/aromatic N) is 3. The second-order valence-corrected chi connectivity index (χ2v) is 8.93. The molecular weight excluding hydrogens is 454 g/mol. The van der Waals surface area contributed by atoms with Gasteiger partial charge in [0, 0.05) is 17.9 Å². The summed E-state index contributed by atoms with van der Waals surface area (Å²) >= 11 is 1.52. The van der Waals surface area contributed by atoms with Crippen molar-refractivity contribution in [2.45, 2.75) is 26.2 Å². The summed E-state index contributed by atoms with van der Waals surface area (Å²) < 4.78 is 14.0. The van der Waals surface area contributed by atoms with Gasteiger partial charge >= 0.3 is 0 Å². The summed E-state index contributed by atoms with van der Waals surface area (Å²) in [4.78, 5) is 28.6. The first-order valence-corrected chi connectivity index (χ1v) is 11.7. The van der Waals surface area contributed by atoms with Crippen LogP contribution >= 0.6 is 11.3 Å². The minimum absolute atomic E-state index is 0.105. The first-order chi connectivity index (χ1) is 16.4. The number of ether oxygens (including phenoxy) is 2. The zero-order chi connectivity index (χ0) is 23.8. The van der Waals surface area contributed by atoms with Gasteiger partial charge in [0.25, 0.3) is 5.91 Å². The lowest BCUT2D eigenvalue weighted by molar-refractivity contribution is -0.120. The zero-order valence-electron chi connectivity index (χ0n) is 18.7. The van der Waals surface area contributed by atoms with E-state index in [1.165, 1.54) is 11.3 Å². The average molecular weight is 478 g/mol. The number of fused-ring (bicyclic) bond motifs is 2. The molecular formula is C24H23N5O4S. The van der Waals surface area contributed by atoms with Crippen molar-refractivity contribution in [3.8, 4) is 16.6 Å². The number of aryl methyl sites for hydroxylation is 1. The third kappa shape index (κ3) is 3.96. The molecule has 34 heavy (non-hydrogen) atoms. The van der Waals surface area contributed by atoms with E-state index in [0.29, 0.717) is 29.1 Å². The van der Waals surface area contributed by atoms with Gasteiger partial charge in [-0.25, -0.2) is 4.98 Å². The molecule has 1 aliphatic rings. The Morgan fingerprint density at radius 1 is 1.24 bits per heavy atom. The number of rotatable bonds is 7. The molecule has 0 bridgehead atoms. The summed E-state index contributed by atoms with van der Waals surface area (Å²) in [5.41, 5.74) is 8.73. The summed E-state index contributed by atoms with van der Waals surface area (Å²) in [5.74, 6) is 0.641. The fraction of sp³-hybridized carbons (Fsp3) is 0.250. The molecule has 10 heteroatoms. The average Bonchev–Trinajstić information content (AvgIpc) is 3.38. The zero-order valence-corrected chi connectivity index (χ0v) is 19.5. The second kappa shape index (κ2) is 8.79. The van der Waals surface area contributed by atoms with Gasteiger partial charge in [-0.1, -0.05) is 29.5 Å². The van der Waals surface area contributed by atoms with E-state index >= 15 is 0 Å². The topological polar surface area (TPSA) is 121 Å². The molecule has 3 N–H and O–H groups in total. The van der Waals surface area contributed by atoms with E-state index in [-0.39, 0.29) is 24.9 Å². The third-order valence-corrected chi connectivity index (χ3v) is 6.62. The van der Waals surface area contributed by atoms with Crippen LogP contribution in [0.25, 0.3) is 15.3 Å². The highest BCUT2D eigenvalue weighted by Gasteiger charge is 2.33. The van der Waals surface area contributed by atoms with Crippen LogP contribution in [0, 0.1) is 6.92 Å². The lowest BCUT2D eigenvalue weighted by Crippen LogP contribution is -2.25. The molecule has 9 nitrogen and oxygen atoms in total. The molecule has 0 unspecified atom stereocenters. The number of aromatic nitrogens is 3. The predicted molar refractivity (Wildman–Crippen MR) is 129 cm³/mol. The number of benzene rings is 2. The highest BCUT2D eigenvalue weighted by atomic mass is 32.1. The van der Waals surface area contributed by atoms with Gasteiger partial charge in [-0.05, 0) is 43.7 Å². The molecule has 2 aromatic heterocycles. The van der Waals surface area contributed by atoms with Gasteiger partial charge in [-0.2, -0.15) is 9.78 Å². The number of primary amides is 1. The predicted octanol–water partition coefficient (Wildman–Crippen LogP) is 3.53. The Kier molecular flexibility index (Phi) is 5.66. The number of amides is 2. The Morgan fingerprint density at radius 3 is 2.82 bits per heavy atom. The molecule has 5 rings (SSSR count). The van der Waals surface area contributed by atoms with Crippen LogP contribution in [0.1, 0.15) is 36.1 Å². The number of carbonyl (C=O) groups is 2. The lowest BCUT2D eigenvalue weighted by atomic mass is 9.85. The molecule has 1 aliphatic heterocycles. The maximum absolute atomic E-state index is 12.8. The Hall–Kier alpha value is -3.92. The minimum atomic E-state index is -0.571. The first kappa shape index (κ1) is 21.9. The maximum atomic E-state index is 12.8. The monoisotopic (exact) mass is 477 g/mol. The molecule has 2 amide bonds. The van der Waals surface area contributed by atoms with Crippen molar-refractivity contribution in [3.63, 3.8) is 0 Å². The lowest BCUT2D eigenvalue weighted by Gasteiger charge is -2.25. The van der Waals surface area contributed by atoms with Gasteiger partial charge in [0.15, 0.2) is 18.1 Å². The number of hydrogen-bond donors (Lipinski definition) is 2. The molecule has 4 aromatic rings. The summed E-state index contributed by atoms with van der Waals surface area (Å²) in [6.07, 6.45) is 0.270. The van der Waals surface area contributed by atoms with Crippen LogP contribution in [-0.4, -0.2) is 39.8 Å². The van der Waals surface area contributed by atoms with Gasteiger partial charge in [-0.3, -0.25) is 9.59 Å². The third-order valence-electron chi connectivity index (χ3n) is 5.61. The van der Waals surface area contributed by atoms with Gasteiger partial charge in [-0.15, -0.1) is 0 Å².